The van der Waals surface area contributed by atoms with E-state index in [1.165, 1.54) is 25.7 Å². The molecular weight excluding hydrogens is 210 g/mol. The summed E-state index contributed by atoms with van der Waals surface area (Å²) in [5.74, 6) is 3.21. The predicted octanol–water partition coefficient (Wildman–Crippen LogP) is 2.83. The molecule has 4 aliphatic carbocycles. The van der Waals surface area contributed by atoms with E-state index in [-0.39, 0.29) is 0 Å². The topological polar surface area (TPSA) is 21.3 Å². The van der Waals surface area contributed by atoms with Crippen LogP contribution in [0.1, 0.15) is 44.9 Å². The highest BCUT2D eigenvalue weighted by atomic mass is 16.5. The van der Waals surface area contributed by atoms with Gasteiger partial charge >= 0.3 is 0 Å². The fourth-order valence-electron chi connectivity index (χ4n) is 5.51. The van der Waals surface area contributed by atoms with Crippen LogP contribution < -0.4 is 5.32 Å². The Labute approximate surface area is 105 Å². The first kappa shape index (κ1) is 12.0. The fraction of sp³-hybridized carbons (Fsp3) is 1.00. The molecule has 1 unspecified atom stereocenters. The second kappa shape index (κ2) is 4.55. The van der Waals surface area contributed by atoms with E-state index in [9.17, 15) is 0 Å². The van der Waals surface area contributed by atoms with Crippen LogP contribution in [0.5, 0.6) is 0 Å². The van der Waals surface area contributed by atoms with Crippen LogP contribution in [0, 0.1) is 23.2 Å². The van der Waals surface area contributed by atoms with Crippen molar-refractivity contribution in [1.29, 1.82) is 0 Å². The van der Waals surface area contributed by atoms with Gasteiger partial charge in [0.25, 0.3) is 0 Å². The molecule has 17 heavy (non-hydrogen) atoms. The van der Waals surface area contributed by atoms with Crippen LogP contribution in [0.15, 0.2) is 0 Å². The van der Waals surface area contributed by atoms with Crippen molar-refractivity contribution in [3.63, 3.8) is 0 Å². The summed E-state index contributed by atoms with van der Waals surface area (Å²) < 4.78 is 5.35. The quantitative estimate of drug-likeness (QED) is 0.794. The van der Waals surface area contributed by atoms with Gasteiger partial charge in [-0.3, -0.25) is 0 Å². The first-order valence-electron chi connectivity index (χ1n) is 7.39. The van der Waals surface area contributed by atoms with E-state index in [0.29, 0.717) is 11.5 Å². The fourth-order valence-corrected chi connectivity index (χ4v) is 5.51. The minimum Gasteiger partial charge on any atom is -0.383 e. The number of nitrogens with one attached hydrogen (secondary N) is 1. The van der Waals surface area contributed by atoms with Crippen LogP contribution in [0.25, 0.3) is 0 Å². The average molecular weight is 237 g/mol. The summed E-state index contributed by atoms with van der Waals surface area (Å²) in [6, 6.07) is 0.566. The van der Waals surface area contributed by atoms with Crippen LogP contribution in [-0.4, -0.2) is 26.8 Å². The molecule has 0 aliphatic heterocycles. The Hall–Kier alpha value is -0.0800. The first-order valence-corrected chi connectivity index (χ1v) is 7.39. The van der Waals surface area contributed by atoms with Gasteiger partial charge in [0, 0.05) is 13.2 Å². The molecule has 2 nitrogen and oxygen atoms in total. The van der Waals surface area contributed by atoms with E-state index in [2.05, 4.69) is 12.4 Å². The number of rotatable bonds is 5. The number of ether oxygens (including phenoxy) is 1. The molecule has 1 N–H and O–H groups in total. The molecule has 0 amide bonds. The van der Waals surface area contributed by atoms with E-state index in [0.717, 1.165) is 24.4 Å². The molecule has 0 aromatic rings. The highest BCUT2D eigenvalue weighted by molar-refractivity contribution is 5.02. The minimum absolute atomic E-state index is 0.566. The third-order valence-electron chi connectivity index (χ3n) is 5.62. The van der Waals surface area contributed by atoms with Crippen molar-refractivity contribution in [3.8, 4) is 0 Å². The molecule has 4 aliphatic rings. The van der Waals surface area contributed by atoms with Crippen molar-refractivity contribution in [2.24, 2.45) is 23.2 Å². The zero-order valence-corrected chi connectivity index (χ0v) is 11.4. The van der Waals surface area contributed by atoms with Crippen LogP contribution in [0.4, 0.5) is 0 Å². The van der Waals surface area contributed by atoms with Crippen molar-refractivity contribution in [3.05, 3.63) is 0 Å². The maximum absolute atomic E-state index is 5.35. The van der Waals surface area contributed by atoms with Gasteiger partial charge in [-0.05, 0) is 75.2 Å². The van der Waals surface area contributed by atoms with E-state index < -0.39 is 0 Å². The number of hydrogen-bond acceptors (Lipinski definition) is 2. The molecule has 2 heteroatoms. The predicted molar refractivity (Wildman–Crippen MR) is 69.9 cm³/mol. The lowest BCUT2D eigenvalue weighted by Crippen LogP contribution is -2.49. The largest absolute Gasteiger partial charge is 0.383 e. The molecule has 0 spiro atoms. The van der Waals surface area contributed by atoms with E-state index in [1.54, 1.807) is 19.3 Å². The van der Waals surface area contributed by atoms with Crippen molar-refractivity contribution in [1.82, 2.24) is 5.32 Å². The number of methoxy groups -OCH3 is 1. The van der Waals surface area contributed by atoms with Gasteiger partial charge < -0.3 is 10.1 Å². The molecule has 0 aromatic heterocycles. The Kier molecular flexibility index (Phi) is 3.20. The average Bonchev–Trinajstić information content (AvgIpc) is 2.26. The number of likely N-dealkylation sites (N-methyl/N-ethyl adjacent to an activating group) is 1. The van der Waals surface area contributed by atoms with Gasteiger partial charge in [-0.25, -0.2) is 0 Å². The zero-order valence-electron chi connectivity index (χ0n) is 11.4. The second-order valence-corrected chi connectivity index (χ2v) is 7.06. The third kappa shape index (κ3) is 2.26. The Bertz CT molecular complexity index is 241. The summed E-state index contributed by atoms with van der Waals surface area (Å²) >= 11 is 0. The summed E-state index contributed by atoms with van der Waals surface area (Å²) in [6.45, 7) is 0.873. The second-order valence-electron chi connectivity index (χ2n) is 7.06. The monoisotopic (exact) mass is 237 g/mol. The summed E-state index contributed by atoms with van der Waals surface area (Å²) in [4.78, 5) is 0. The molecule has 0 radical (unpaired) electrons. The Morgan fingerprint density at radius 3 is 2.06 bits per heavy atom. The lowest BCUT2D eigenvalue weighted by molar-refractivity contribution is -0.0649. The summed E-state index contributed by atoms with van der Waals surface area (Å²) in [7, 11) is 3.91. The normalized spacial score (nSPS) is 45.2. The van der Waals surface area contributed by atoms with Crippen LogP contribution >= 0.6 is 0 Å². The van der Waals surface area contributed by atoms with Gasteiger partial charge in [0.2, 0.25) is 0 Å². The molecule has 0 heterocycles. The highest BCUT2D eigenvalue weighted by Crippen LogP contribution is 2.61. The Morgan fingerprint density at radius 1 is 1.12 bits per heavy atom. The Balaban J connectivity index is 1.69. The smallest absolute Gasteiger partial charge is 0.0615 e. The van der Waals surface area contributed by atoms with Gasteiger partial charge in [0.05, 0.1) is 6.61 Å². The minimum atomic E-state index is 0.566. The molecule has 4 rings (SSSR count). The van der Waals surface area contributed by atoms with Gasteiger partial charge in [-0.15, -0.1) is 0 Å². The molecule has 4 bridgehead atoms. The molecule has 4 saturated carbocycles. The Morgan fingerprint density at radius 2 is 1.65 bits per heavy atom. The van der Waals surface area contributed by atoms with E-state index in [1.807, 2.05) is 7.11 Å². The van der Waals surface area contributed by atoms with E-state index in [4.69, 9.17) is 4.74 Å². The molecule has 98 valence electrons. The summed E-state index contributed by atoms with van der Waals surface area (Å²) in [5.41, 5.74) is 0.682. The lowest BCUT2D eigenvalue weighted by Gasteiger charge is -2.57. The molecular formula is C15H27NO. The van der Waals surface area contributed by atoms with Crippen molar-refractivity contribution in [2.45, 2.75) is 51.0 Å². The van der Waals surface area contributed by atoms with Crippen molar-refractivity contribution >= 4 is 0 Å². The highest BCUT2D eigenvalue weighted by Gasteiger charge is 2.51. The van der Waals surface area contributed by atoms with Gasteiger partial charge in [0.15, 0.2) is 0 Å². The van der Waals surface area contributed by atoms with Crippen LogP contribution in [-0.2, 0) is 4.74 Å². The molecule has 0 saturated heterocycles. The number of hydrogen-bond donors (Lipinski definition) is 1. The maximum atomic E-state index is 5.35. The van der Waals surface area contributed by atoms with Crippen LogP contribution in [0.3, 0.4) is 0 Å². The van der Waals surface area contributed by atoms with Crippen molar-refractivity contribution in [2.75, 3.05) is 20.8 Å². The molecule has 1 atom stereocenters. The van der Waals surface area contributed by atoms with Gasteiger partial charge in [-0.2, -0.15) is 0 Å². The van der Waals surface area contributed by atoms with Gasteiger partial charge in [0.1, 0.15) is 0 Å². The third-order valence-corrected chi connectivity index (χ3v) is 5.62. The summed E-state index contributed by atoms with van der Waals surface area (Å²) in [5, 5.41) is 3.45. The van der Waals surface area contributed by atoms with Crippen LogP contribution in [0.2, 0.25) is 0 Å². The zero-order chi connectivity index (χ0) is 11.9. The van der Waals surface area contributed by atoms with Gasteiger partial charge in [-0.1, -0.05) is 0 Å². The molecule has 4 fully saturated rings. The van der Waals surface area contributed by atoms with Crippen molar-refractivity contribution < 1.29 is 4.74 Å². The SMILES string of the molecule is CNC(COC)CC12CC3CC(CC(C3)C1)C2. The lowest BCUT2D eigenvalue weighted by atomic mass is 9.48. The standard InChI is InChI=1S/C15H27NO/c1-16-14(10-17-2)9-15-6-11-3-12(7-15)5-13(4-11)8-15/h11-14,16H,3-10H2,1-2H3. The van der Waals surface area contributed by atoms with E-state index >= 15 is 0 Å². The maximum Gasteiger partial charge on any atom is 0.0615 e. The molecule has 0 aromatic carbocycles. The summed E-state index contributed by atoms with van der Waals surface area (Å²) in [6.07, 6.45) is 10.5. The first-order chi connectivity index (χ1) is 8.23.